The number of amides is 1. The summed E-state index contributed by atoms with van der Waals surface area (Å²) in [6.07, 6.45) is 4.86. The number of rotatable bonds is 2. The molecule has 1 aliphatic heterocycles. The van der Waals surface area contributed by atoms with E-state index in [-0.39, 0.29) is 11.9 Å². The van der Waals surface area contributed by atoms with Crippen LogP contribution in [-0.4, -0.2) is 32.5 Å². The minimum absolute atomic E-state index is 0.0542. The number of hydrogen-bond donors (Lipinski definition) is 1. The maximum absolute atomic E-state index is 13.1. The molecule has 4 rings (SSSR count). The third-order valence-electron chi connectivity index (χ3n) is 4.80. The van der Waals surface area contributed by atoms with Gasteiger partial charge in [-0.1, -0.05) is 30.3 Å². The molecule has 5 nitrogen and oxygen atoms in total. The zero-order chi connectivity index (χ0) is 16.5. The van der Waals surface area contributed by atoms with Crippen LogP contribution >= 0.6 is 0 Å². The van der Waals surface area contributed by atoms with Gasteiger partial charge in [0.25, 0.3) is 5.91 Å². The molecule has 1 fully saturated rings. The van der Waals surface area contributed by atoms with Crippen molar-refractivity contribution >= 4 is 16.9 Å². The van der Waals surface area contributed by atoms with Crippen LogP contribution in [0.3, 0.4) is 0 Å². The average molecular weight is 320 g/mol. The molecular formula is C19H20N4O. The fourth-order valence-electron chi connectivity index (χ4n) is 3.50. The summed E-state index contributed by atoms with van der Waals surface area (Å²) in [7, 11) is 0. The molecule has 3 aromatic rings. The summed E-state index contributed by atoms with van der Waals surface area (Å²) < 4.78 is 0. The van der Waals surface area contributed by atoms with Crippen molar-refractivity contribution in [1.29, 1.82) is 0 Å². The van der Waals surface area contributed by atoms with Crippen molar-refractivity contribution in [3.63, 3.8) is 0 Å². The van der Waals surface area contributed by atoms with E-state index in [4.69, 9.17) is 0 Å². The molecule has 1 N–H and O–H groups in total. The maximum Gasteiger partial charge on any atom is 0.255 e. The molecular weight excluding hydrogens is 300 g/mol. The fourth-order valence-corrected chi connectivity index (χ4v) is 3.50. The summed E-state index contributed by atoms with van der Waals surface area (Å²) >= 11 is 0. The normalized spacial score (nSPS) is 18.0. The Balaban J connectivity index is 1.68. The Morgan fingerprint density at radius 3 is 2.92 bits per heavy atom. The number of pyridine rings is 1. The number of aromatic nitrogens is 3. The number of nitrogens with one attached hydrogen (secondary N) is 1. The molecule has 0 radical (unpaired) electrons. The summed E-state index contributed by atoms with van der Waals surface area (Å²) in [6, 6.07) is 12.4. The van der Waals surface area contributed by atoms with E-state index in [0.29, 0.717) is 11.2 Å². The molecule has 1 atom stereocenters. The lowest BCUT2D eigenvalue weighted by atomic mass is 9.94. The number of carbonyl (C=O) groups is 1. The highest BCUT2D eigenvalue weighted by Crippen LogP contribution is 2.32. The molecule has 2 aromatic heterocycles. The molecule has 3 heterocycles. The molecule has 1 saturated heterocycles. The van der Waals surface area contributed by atoms with E-state index in [9.17, 15) is 4.79 Å². The summed E-state index contributed by atoms with van der Waals surface area (Å²) in [6.45, 7) is 2.74. The monoisotopic (exact) mass is 320 g/mol. The van der Waals surface area contributed by atoms with Gasteiger partial charge in [-0.15, -0.1) is 0 Å². The molecule has 0 aliphatic carbocycles. The van der Waals surface area contributed by atoms with Gasteiger partial charge in [0.2, 0.25) is 0 Å². The van der Waals surface area contributed by atoms with Crippen LogP contribution in [0.2, 0.25) is 0 Å². The molecule has 0 saturated carbocycles. The highest BCUT2D eigenvalue weighted by atomic mass is 16.2. The van der Waals surface area contributed by atoms with Gasteiger partial charge in [-0.05, 0) is 37.8 Å². The molecule has 0 bridgehead atoms. The molecule has 0 spiro atoms. The van der Waals surface area contributed by atoms with Gasteiger partial charge >= 0.3 is 0 Å². The first-order valence-electron chi connectivity index (χ1n) is 8.40. The first-order valence-corrected chi connectivity index (χ1v) is 8.40. The highest BCUT2D eigenvalue weighted by molar-refractivity contribution is 5.97. The van der Waals surface area contributed by atoms with Gasteiger partial charge in [0.05, 0.1) is 11.6 Å². The summed E-state index contributed by atoms with van der Waals surface area (Å²) in [5, 5.41) is 7.96. The van der Waals surface area contributed by atoms with Crippen molar-refractivity contribution in [1.82, 2.24) is 20.1 Å². The van der Waals surface area contributed by atoms with Crippen LogP contribution < -0.4 is 0 Å². The zero-order valence-electron chi connectivity index (χ0n) is 13.7. The van der Waals surface area contributed by atoms with Crippen molar-refractivity contribution in [2.75, 3.05) is 6.54 Å². The highest BCUT2D eigenvalue weighted by Gasteiger charge is 2.29. The van der Waals surface area contributed by atoms with Gasteiger partial charge < -0.3 is 4.90 Å². The number of likely N-dealkylation sites (tertiary alicyclic amines) is 1. The van der Waals surface area contributed by atoms with E-state index in [2.05, 4.69) is 27.3 Å². The number of carbonyl (C=O) groups excluding carboxylic acids is 1. The number of H-pyrrole nitrogens is 1. The van der Waals surface area contributed by atoms with Gasteiger partial charge in [-0.2, -0.15) is 5.10 Å². The fraction of sp³-hybridized carbons (Fsp3) is 0.316. The first kappa shape index (κ1) is 14.9. The number of fused-ring (bicyclic) bond motifs is 1. The second-order valence-corrected chi connectivity index (χ2v) is 6.36. The van der Waals surface area contributed by atoms with E-state index >= 15 is 0 Å². The average Bonchev–Trinajstić information content (AvgIpc) is 3.02. The van der Waals surface area contributed by atoms with E-state index in [0.717, 1.165) is 36.9 Å². The Morgan fingerprint density at radius 1 is 1.25 bits per heavy atom. The molecule has 1 unspecified atom stereocenters. The van der Waals surface area contributed by atoms with Crippen molar-refractivity contribution in [3.05, 3.63) is 59.4 Å². The third kappa shape index (κ3) is 2.56. The van der Waals surface area contributed by atoms with Gasteiger partial charge in [-0.25, -0.2) is 4.98 Å². The number of hydrogen-bond acceptors (Lipinski definition) is 3. The standard InChI is InChI=1S/C19H20N4O/c1-13-16-11-15(12-20-18(16)22-21-13)19(24)23-10-6-5-9-17(23)14-7-3-2-4-8-14/h2-4,7-8,11-12,17H,5-6,9-10H2,1H3,(H,20,21,22). The first-order chi connectivity index (χ1) is 11.7. The van der Waals surface area contributed by atoms with Crippen LogP contribution in [0.4, 0.5) is 0 Å². The maximum atomic E-state index is 13.1. The van der Waals surface area contributed by atoms with Gasteiger partial charge in [0.1, 0.15) is 0 Å². The number of benzene rings is 1. The number of aryl methyl sites for hydroxylation is 1. The van der Waals surface area contributed by atoms with Crippen molar-refractivity contribution in [2.45, 2.75) is 32.2 Å². The molecule has 24 heavy (non-hydrogen) atoms. The Hall–Kier alpha value is -2.69. The SMILES string of the molecule is Cc1[nH]nc2ncc(C(=O)N3CCCCC3c3ccccc3)cc12. The lowest BCUT2D eigenvalue weighted by Crippen LogP contribution is -2.38. The predicted octanol–water partition coefficient (Wildman–Crippen LogP) is 3.63. The predicted molar refractivity (Wildman–Crippen MR) is 92.7 cm³/mol. The molecule has 1 amide bonds. The van der Waals surface area contributed by atoms with E-state index in [1.165, 1.54) is 5.56 Å². The van der Waals surface area contributed by atoms with Crippen molar-refractivity contribution in [3.8, 4) is 0 Å². The Labute approximate surface area is 140 Å². The topological polar surface area (TPSA) is 61.9 Å². The quantitative estimate of drug-likeness (QED) is 0.784. The summed E-state index contributed by atoms with van der Waals surface area (Å²) in [5.41, 5.74) is 3.43. The van der Waals surface area contributed by atoms with Gasteiger partial charge in [0.15, 0.2) is 5.65 Å². The Kier molecular flexibility index (Phi) is 3.76. The lowest BCUT2D eigenvalue weighted by Gasteiger charge is -2.36. The van der Waals surface area contributed by atoms with Crippen LogP contribution in [-0.2, 0) is 0 Å². The van der Waals surface area contributed by atoms with Crippen LogP contribution in [0.1, 0.15) is 46.9 Å². The van der Waals surface area contributed by atoms with E-state index in [1.807, 2.05) is 36.1 Å². The Bertz CT molecular complexity index is 871. The minimum atomic E-state index is 0.0542. The molecule has 1 aromatic carbocycles. The van der Waals surface area contributed by atoms with E-state index < -0.39 is 0 Å². The molecule has 5 heteroatoms. The van der Waals surface area contributed by atoms with Crippen molar-refractivity contribution in [2.24, 2.45) is 0 Å². The van der Waals surface area contributed by atoms with Crippen LogP contribution in [0.25, 0.3) is 11.0 Å². The third-order valence-corrected chi connectivity index (χ3v) is 4.80. The lowest BCUT2D eigenvalue weighted by molar-refractivity contribution is 0.0611. The number of nitrogens with zero attached hydrogens (tertiary/aromatic N) is 3. The molecule has 122 valence electrons. The van der Waals surface area contributed by atoms with Crippen LogP contribution in [0, 0.1) is 6.92 Å². The second kappa shape index (κ2) is 6.07. The molecule has 1 aliphatic rings. The van der Waals surface area contributed by atoms with Crippen molar-refractivity contribution < 1.29 is 4.79 Å². The number of aromatic amines is 1. The second-order valence-electron chi connectivity index (χ2n) is 6.36. The largest absolute Gasteiger partial charge is 0.332 e. The Morgan fingerprint density at radius 2 is 2.08 bits per heavy atom. The summed E-state index contributed by atoms with van der Waals surface area (Å²) in [4.78, 5) is 19.4. The zero-order valence-corrected chi connectivity index (χ0v) is 13.7. The van der Waals surface area contributed by atoms with E-state index in [1.54, 1.807) is 6.20 Å². The van der Waals surface area contributed by atoms with Gasteiger partial charge in [0, 0.05) is 23.8 Å². The van der Waals surface area contributed by atoms with Gasteiger partial charge in [-0.3, -0.25) is 9.89 Å². The smallest absolute Gasteiger partial charge is 0.255 e. The minimum Gasteiger partial charge on any atom is -0.332 e. The van der Waals surface area contributed by atoms with Crippen LogP contribution in [0.5, 0.6) is 0 Å². The van der Waals surface area contributed by atoms with Crippen LogP contribution in [0.15, 0.2) is 42.6 Å². The summed E-state index contributed by atoms with van der Waals surface area (Å²) in [5.74, 6) is 0.0542. The number of piperidine rings is 1.